The number of rotatable bonds is 8. The molecule has 1 amide bonds. The molecule has 3 aromatic carbocycles. The molecule has 0 saturated heterocycles. The van der Waals surface area contributed by atoms with Crippen LogP contribution in [0.25, 0.3) is 0 Å². The van der Waals surface area contributed by atoms with Crippen molar-refractivity contribution in [3.63, 3.8) is 0 Å². The van der Waals surface area contributed by atoms with Crippen LogP contribution in [0.5, 0.6) is 5.75 Å². The Bertz CT molecular complexity index is 1130. The van der Waals surface area contributed by atoms with Gasteiger partial charge in [0.15, 0.2) is 0 Å². The molecule has 0 heterocycles. The Morgan fingerprint density at radius 1 is 1.00 bits per heavy atom. The summed E-state index contributed by atoms with van der Waals surface area (Å²) in [6.07, 6.45) is 1.10. The van der Waals surface area contributed by atoms with Gasteiger partial charge in [-0.3, -0.25) is 9.10 Å². The van der Waals surface area contributed by atoms with Crippen LogP contribution in [0.1, 0.15) is 18.1 Å². The van der Waals surface area contributed by atoms with Crippen LogP contribution < -0.4 is 14.4 Å². The van der Waals surface area contributed by atoms with Gasteiger partial charge in [0, 0.05) is 5.69 Å². The minimum atomic E-state index is -3.66. The van der Waals surface area contributed by atoms with Crippen molar-refractivity contribution in [2.24, 2.45) is 0 Å². The lowest BCUT2D eigenvalue weighted by atomic mass is 10.2. The summed E-state index contributed by atoms with van der Waals surface area (Å²) in [6.45, 7) is 3.88. The highest BCUT2D eigenvalue weighted by Gasteiger charge is 2.29. The lowest BCUT2D eigenvalue weighted by molar-refractivity contribution is -0.116. The Balaban J connectivity index is 1.67. The molecule has 0 unspecified atom stereocenters. The highest BCUT2D eigenvalue weighted by Crippen LogP contribution is 2.23. The van der Waals surface area contributed by atoms with E-state index in [1.807, 2.05) is 43.3 Å². The molecule has 0 saturated carbocycles. The maximum atomic E-state index is 12.8. The highest BCUT2D eigenvalue weighted by atomic mass is 32.2. The van der Waals surface area contributed by atoms with Gasteiger partial charge in [0.05, 0.1) is 11.9 Å². The van der Waals surface area contributed by atoms with Crippen molar-refractivity contribution in [1.29, 1.82) is 0 Å². The van der Waals surface area contributed by atoms with Gasteiger partial charge in [-0.05, 0) is 61.4 Å². The van der Waals surface area contributed by atoms with Crippen LogP contribution in [0.15, 0.2) is 78.9 Å². The molecule has 0 radical (unpaired) electrons. The molecule has 7 heteroatoms. The predicted octanol–water partition coefficient (Wildman–Crippen LogP) is 4.37. The Hall–Kier alpha value is -3.32. The van der Waals surface area contributed by atoms with Gasteiger partial charge in [0.25, 0.3) is 0 Å². The quantitative estimate of drug-likeness (QED) is 0.567. The van der Waals surface area contributed by atoms with E-state index in [4.69, 9.17) is 4.74 Å². The number of nitrogens with one attached hydrogen (secondary N) is 1. The van der Waals surface area contributed by atoms with Crippen LogP contribution >= 0.6 is 0 Å². The molecular weight excluding hydrogens is 412 g/mol. The first-order valence-corrected chi connectivity index (χ1v) is 11.7. The second-order valence-electron chi connectivity index (χ2n) is 7.36. The van der Waals surface area contributed by atoms with Crippen LogP contribution in [-0.2, 0) is 21.4 Å². The highest BCUT2D eigenvalue weighted by molar-refractivity contribution is 7.92. The summed E-state index contributed by atoms with van der Waals surface area (Å²) in [6, 6.07) is 22.9. The van der Waals surface area contributed by atoms with Crippen molar-refractivity contribution < 1.29 is 17.9 Å². The second-order valence-corrected chi connectivity index (χ2v) is 9.22. The number of ether oxygens (including phenoxy) is 1. The molecule has 162 valence electrons. The first kappa shape index (κ1) is 22.4. The summed E-state index contributed by atoms with van der Waals surface area (Å²) >= 11 is 0. The normalized spacial score (nSPS) is 12.1. The monoisotopic (exact) mass is 438 g/mol. The molecule has 1 N–H and O–H groups in total. The number of carbonyl (C=O) groups is 1. The first-order valence-electron chi connectivity index (χ1n) is 9.88. The first-order chi connectivity index (χ1) is 14.7. The van der Waals surface area contributed by atoms with E-state index in [0.29, 0.717) is 23.7 Å². The number of hydrogen-bond donors (Lipinski definition) is 1. The fourth-order valence-electron chi connectivity index (χ4n) is 3.20. The van der Waals surface area contributed by atoms with Crippen LogP contribution in [0.2, 0.25) is 0 Å². The van der Waals surface area contributed by atoms with Gasteiger partial charge in [-0.2, -0.15) is 0 Å². The van der Waals surface area contributed by atoms with Crippen LogP contribution in [0.3, 0.4) is 0 Å². The van der Waals surface area contributed by atoms with Gasteiger partial charge in [-0.15, -0.1) is 0 Å². The molecule has 0 spiro atoms. The van der Waals surface area contributed by atoms with E-state index in [1.165, 1.54) is 0 Å². The number of amides is 1. The third kappa shape index (κ3) is 6.08. The standard InChI is InChI=1S/C24H26N2O4S/c1-18-8-7-11-22(16-18)26(31(3,28)29)19(2)24(27)25-21-12-14-23(15-13-21)30-17-20-9-5-4-6-10-20/h4-16,19H,17H2,1-3H3,(H,25,27)/t19-/m1/s1. The average molecular weight is 439 g/mol. The summed E-state index contributed by atoms with van der Waals surface area (Å²) in [5.74, 6) is 0.248. The predicted molar refractivity (Wildman–Crippen MR) is 124 cm³/mol. The fourth-order valence-corrected chi connectivity index (χ4v) is 4.36. The number of carbonyl (C=O) groups excluding carboxylic acids is 1. The molecule has 0 bridgehead atoms. The third-order valence-electron chi connectivity index (χ3n) is 4.71. The molecule has 6 nitrogen and oxygen atoms in total. The van der Waals surface area contributed by atoms with E-state index in [1.54, 1.807) is 49.4 Å². The van der Waals surface area contributed by atoms with Gasteiger partial charge in [0.1, 0.15) is 18.4 Å². The van der Waals surface area contributed by atoms with E-state index in [9.17, 15) is 13.2 Å². The lowest BCUT2D eigenvalue weighted by Crippen LogP contribution is -2.45. The second kappa shape index (κ2) is 9.66. The number of nitrogens with zero attached hydrogens (tertiary/aromatic N) is 1. The molecule has 0 aliphatic heterocycles. The number of anilines is 2. The molecule has 1 atom stereocenters. The minimum Gasteiger partial charge on any atom is -0.489 e. The smallest absolute Gasteiger partial charge is 0.247 e. The SMILES string of the molecule is Cc1cccc(N([C@H](C)C(=O)Nc2ccc(OCc3ccccc3)cc2)S(C)(=O)=O)c1. The maximum Gasteiger partial charge on any atom is 0.247 e. The molecule has 31 heavy (non-hydrogen) atoms. The van der Waals surface area contributed by atoms with E-state index in [2.05, 4.69) is 5.32 Å². The number of hydrogen-bond acceptors (Lipinski definition) is 4. The summed E-state index contributed by atoms with van der Waals surface area (Å²) in [5.41, 5.74) is 2.98. The van der Waals surface area contributed by atoms with Gasteiger partial charge in [0.2, 0.25) is 15.9 Å². The number of sulfonamides is 1. The minimum absolute atomic E-state index is 0.426. The van der Waals surface area contributed by atoms with Crippen LogP contribution in [0.4, 0.5) is 11.4 Å². The van der Waals surface area contributed by atoms with E-state index >= 15 is 0 Å². The van der Waals surface area contributed by atoms with Crippen molar-refractivity contribution >= 4 is 27.3 Å². The fraction of sp³-hybridized carbons (Fsp3) is 0.208. The van der Waals surface area contributed by atoms with Crippen molar-refractivity contribution in [2.45, 2.75) is 26.5 Å². The van der Waals surface area contributed by atoms with Crippen LogP contribution in [0, 0.1) is 6.92 Å². The summed E-state index contributed by atoms with van der Waals surface area (Å²) < 4.78 is 31.7. The number of benzene rings is 3. The Labute approximate surface area is 183 Å². The Morgan fingerprint density at radius 2 is 1.68 bits per heavy atom. The molecule has 0 aliphatic carbocycles. The zero-order valence-corrected chi connectivity index (χ0v) is 18.6. The van der Waals surface area contributed by atoms with Crippen molar-refractivity contribution in [2.75, 3.05) is 15.9 Å². The molecule has 3 aromatic rings. The van der Waals surface area contributed by atoms with Gasteiger partial charge < -0.3 is 10.1 Å². The van der Waals surface area contributed by atoms with Gasteiger partial charge in [-0.1, -0.05) is 42.5 Å². The van der Waals surface area contributed by atoms with E-state index in [-0.39, 0.29) is 0 Å². The summed E-state index contributed by atoms with van der Waals surface area (Å²) in [4.78, 5) is 12.8. The number of aryl methyl sites for hydroxylation is 1. The molecule has 0 aliphatic rings. The molecule has 3 rings (SSSR count). The van der Waals surface area contributed by atoms with Crippen molar-refractivity contribution in [3.8, 4) is 5.75 Å². The molecular formula is C24H26N2O4S. The average Bonchev–Trinajstić information content (AvgIpc) is 2.73. The zero-order valence-electron chi connectivity index (χ0n) is 17.8. The summed E-state index contributed by atoms with van der Waals surface area (Å²) in [5, 5.41) is 2.78. The van der Waals surface area contributed by atoms with Crippen molar-refractivity contribution in [3.05, 3.63) is 90.0 Å². The van der Waals surface area contributed by atoms with Crippen LogP contribution in [-0.4, -0.2) is 26.6 Å². The Kier molecular flexibility index (Phi) is 6.97. The van der Waals surface area contributed by atoms with Crippen molar-refractivity contribution in [1.82, 2.24) is 0 Å². The van der Waals surface area contributed by atoms with E-state index < -0.39 is 22.0 Å². The molecule has 0 fully saturated rings. The Morgan fingerprint density at radius 3 is 2.29 bits per heavy atom. The maximum absolute atomic E-state index is 12.8. The topological polar surface area (TPSA) is 75.7 Å². The zero-order chi connectivity index (χ0) is 22.4. The van der Waals surface area contributed by atoms with E-state index in [0.717, 1.165) is 21.7 Å². The van der Waals surface area contributed by atoms with Gasteiger partial charge in [-0.25, -0.2) is 8.42 Å². The lowest BCUT2D eigenvalue weighted by Gasteiger charge is -2.28. The third-order valence-corrected chi connectivity index (χ3v) is 5.96. The largest absolute Gasteiger partial charge is 0.489 e. The molecule has 0 aromatic heterocycles. The summed E-state index contributed by atoms with van der Waals surface area (Å²) in [7, 11) is -3.66. The van der Waals surface area contributed by atoms with Gasteiger partial charge >= 0.3 is 0 Å².